The lowest BCUT2D eigenvalue weighted by atomic mass is 10.0. The number of carbonyl (C=O) groups is 3. The highest BCUT2D eigenvalue weighted by atomic mass is 35.5. The minimum atomic E-state index is -0.816. The van der Waals surface area contributed by atoms with Crippen molar-refractivity contribution in [2.24, 2.45) is 5.73 Å². The van der Waals surface area contributed by atoms with E-state index in [9.17, 15) is 14.4 Å². The Labute approximate surface area is 165 Å². The summed E-state index contributed by atoms with van der Waals surface area (Å²) < 4.78 is 4.96. The number of nitrogens with two attached hydrogens (primary N) is 1. The van der Waals surface area contributed by atoms with Gasteiger partial charge >= 0.3 is 12.0 Å². The molecule has 0 fully saturated rings. The van der Waals surface area contributed by atoms with Crippen molar-refractivity contribution in [2.45, 2.75) is 12.5 Å². The molecule has 1 atom stereocenters. The van der Waals surface area contributed by atoms with Crippen molar-refractivity contribution in [3.63, 3.8) is 0 Å². The van der Waals surface area contributed by atoms with Crippen molar-refractivity contribution in [1.82, 2.24) is 5.32 Å². The Hall–Kier alpha value is -2.77. The molecule has 0 aromatic heterocycles. The predicted octanol–water partition coefficient (Wildman–Crippen LogP) is 3.27. The minimum Gasteiger partial charge on any atom is -0.455 e. The van der Waals surface area contributed by atoms with Gasteiger partial charge in [-0.1, -0.05) is 53.5 Å². The maximum absolute atomic E-state index is 12.1. The van der Waals surface area contributed by atoms with Gasteiger partial charge in [0.25, 0.3) is 5.91 Å². The van der Waals surface area contributed by atoms with Gasteiger partial charge in [-0.2, -0.15) is 0 Å². The standard InChI is InChI=1S/C18H17Cl2N3O4/c19-12-6-2-1-5-11(12)15(23-18(21)26)9-17(25)27-10-16(24)22-14-8-4-3-7-13(14)20/h1-8,15H,9-10H2,(H,22,24)(H3,21,23,26). The van der Waals surface area contributed by atoms with Crippen molar-refractivity contribution < 1.29 is 19.1 Å². The van der Waals surface area contributed by atoms with E-state index in [0.717, 1.165) is 0 Å². The molecule has 142 valence electrons. The average molecular weight is 410 g/mol. The summed E-state index contributed by atoms with van der Waals surface area (Å²) in [7, 11) is 0. The van der Waals surface area contributed by atoms with Crippen molar-refractivity contribution >= 4 is 46.8 Å². The van der Waals surface area contributed by atoms with Crippen LogP contribution in [-0.2, 0) is 14.3 Å². The number of nitrogens with one attached hydrogen (secondary N) is 2. The van der Waals surface area contributed by atoms with Crippen LogP contribution in [0.1, 0.15) is 18.0 Å². The van der Waals surface area contributed by atoms with Crippen molar-refractivity contribution in [3.8, 4) is 0 Å². The molecular formula is C18H17Cl2N3O4. The monoisotopic (exact) mass is 409 g/mol. The maximum atomic E-state index is 12.1. The molecule has 0 aliphatic rings. The van der Waals surface area contributed by atoms with Crippen LogP contribution in [0.15, 0.2) is 48.5 Å². The van der Waals surface area contributed by atoms with E-state index in [4.69, 9.17) is 33.7 Å². The van der Waals surface area contributed by atoms with Gasteiger partial charge in [0.15, 0.2) is 6.61 Å². The molecule has 0 bridgehead atoms. The molecular weight excluding hydrogens is 393 g/mol. The number of carbonyl (C=O) groups excluding carboxylic acids is 3. The maximum Gasteiger partial charge on any atom is 0.312 e. The highest BCUT2D eigenvalue weighted by molar-refractivity contribution is 6.33. The van der Waals surface area contributed by atoms with E-state index in [1.807, 2.05) is 0 Å². The van der Waals surface area contributed by atoms with Gasteiger partial charge in [0.05, 0.1) is 23.2 Å². The SMILES string of the molecule is NC(=O)NC(CC(=O)OCC(=O)Nc1ccccc1Cl)c1ccccc1Cl. The first kappa shape index (κ1) is 20.5. The summed E-state index contributed by atoms with van der Waals surface area (Å²) in [5.41, 5.74) is 6.07. The van der Waals surface area contributed by atoms with Gasteiger partial charge in [-0.05, 0) is 23.8 Å². The molecule has 2 rings (SSSR count). The second-order valence-electron chi connectivity index (χ2n) is 5.48. The summed E-state index contributed by atoms with van der Waals surface area (Å²) in [5.74, 6) is -1.25. The molecule has 1 unspecified atom stereocenters. The summed E-state index contributed by atoms with van der Waals surface area (Å²) in [6.45, 7) is -0.504. The number of ether oxygens (including phenoxy) is 1. The molecule has 4 N–H and O–H groups in total. The number of rotatable bonds is 7. The Morgan fingerprint density at radius 2 is 1.63 bits per heavy atom. The summed E-state index contributed by atoms with van der Waals surface area (Å²) in [5, 5.41) is 5.70. The lowest BCUT2D eigenvalue weighted by molar-refractivity contribution is -0.147. The van der Waals surface area contributed by atoms with Gasteiger partial charge in [0.1, 0.15) is 0 Å². The van der Waals surface area contributed by atoms with E-state index in [1.165, 1.54) is 0 Å². The third-order valence-corrected chi connectivity index (χ3v) is 4.15. The van der Waals surface area contributed by atoms with Crippen LogP contribution in [0.4, 0.5) is 10.5 Å². The quantitative estimate of drug-likeness (QED) is 0.609. The summed E-state index contributed by atoms with van der Waals surface area (Å²) in [6.07, 6.45) is -0.244. The zero-order chi connectivity index (χ0) is 19.8. The van der Waals surface area contributed by atoms with Gasteiger partial charge in [-0.15, -0.1) is 0 Å². The van der Waals surface area contributed by atoms with E-state index in [1.54, 1.807) is 48.5 Å². The van der Waals surface area contributed by atoms with Crippen LogP contribution in [0.5, 0.6) is 0 Å². The van der Waals surface area contributed by atoms with Gasteiger partial charge in [-0.25, -0.2) is 4.79 Å². The molecule has 2 aromatic rings. The molecule has 0 radical (unpaired) electrons. The molecule has 3 amide bonds. The van der Waals surface area contributed by atoms with Crippen LogP contribution in [0, 0.1) is 0 Å². The topological polar surface area (TPSA) is 111 Å². The van der Waals surface area contributed by atoms with Crippen molar-refractivity contribution in [3.05, 3.63) is 64.1 Å². The van der Waals surface area contributed by atoms with Gasteiger partial charge in [0.2, 0.25) is 0 Å². The van der Waals surface area contributed by atoms with Crippen molar-refractivity contribution in [1.29, 1.82) is 0 Å². The normalized spacial score (nSPS) is 11.3. The smallest absolute Gasteiger partial charge is 0.312 e. The number of amides is 3. The number of anilines is 1. The number of para-hydroxylation sites is 1. The number of esters is 1. The largest absolute Gasteiger partial charge is 0.455 e. The van der Waals surface area contributed by atoms with E-state index in [2.05, 4.69) is 10.6 Å². The molecule has 27 heavy (non-hydrogen) atoms. The van der Waals surface area contributed by atoms with E-state index in [-0.39, 0.29) is 6.42 Å². The molecule has 0 saturated carbocycles. The van der Waals surface area contributed by atoms with Gasteiger partial charge in [0, 0.05) is 5.02 Å². The first-order chi connectivity index (χ1) is 12.9. The zero-order valence-electron chi connectivity index (χ0n) is 14.1. The Bertz CT molecular complexity index is 845. The molecule has 0 heterocycles. The molecule has 2 aromatic carbocycles. The highest BCUT2D eigenvalue weighted by Crippen LogP contribution is 2.25. The molecule has 0 aliphatic heterocycles. The van der Waals surface area contributed by atoms with E-state index < -0.39 is 30.6 Å². The second kappa shape index (κ2) is 9.80. The first-order valence-corrected chi connectivity index (χ1v) is 8.63. The fourth-order valence-electron chi connectivity index (χ4n) is 2.29. The van der Waals surface area contributed by atoms with Crippen LogP contribution in [-0.4, -0.2) is 24.5 Å². The van der Waals surface area contributed by atoms with Crippen LogP contribution in [0.25, 0.3) is 0 Å². The second-order valence-corrected chi connectivity index (χ2v) is 6.29. The number of hydrogen-bond acceptors (Lipinski definition) is 4. The van der Waals surface area contributed by atoms with E-state index in [0.29, 0.717) is 21.3 Å². The Balaban J connectivity index is 1.93. The highest BCUT2D eigenvalue weighted by Gasteiger charge is 2.21. The Morgan fingerprint density at radius 3 is 2.26 bits per heavy atom. The molecule has 0 saturated heterocycles. The number of benzene rings is 2. The Morgan fingerprint density at radius 1 is 1.00 bits per heavy atom. The minimum absolute atomic E-state index is 0.244. The third kappa shape index (κ3) is 6.47. The number of halogens is 2. The summed E-state index contributed by atoms with van der Waals surface area (Å²) >= 11 is 12.0. The summed E-state index contributed by atoms with van der Waals surface area (Å²) in [6, 6.07) is 11.8. The summed E-state index contributed by atoms with van der Waals surface area (Å²) in [4.78, 5) is 35.2. The number of urea groups is 1. The van der Waals surface area contributed by atoms with Crippen LogP contribution in [0.3, 0.4) is 0 Å². The first-order valence-electron chi connectivity index (χ1n) is 7.87. The third-order valence-electron chi connectivity index (χ3n) is 3.48. The van der Waals surface area contributed by atoms with Crippen LogP contribution < -0.4 is 16.4 Å². The van der Waals surface area contributed by atoms with Crippen LogP contribution in [0.2, 0.25) is 10.0 Å². The molecule has 0 aliphatic carbocycles. The fraction of sp³-hybridized carbons (Fsp3) is 0.167. The van der Waals surface area contributed by atoms with Crippen molar-refractivity contribution in [2.75, 3.05) is 11.9 Å². The van der Waals surface area contributed by atoms with Crippen LogP contribution >= 0.6 is 23.2 Å². The predicted molar refractivity (Wildman–Crippen MR) is 103 cm³/mol. The lowest BCUT2D eigenvalue weighted by Crippen LogP contribution is -2.35. The van der Waals surface area contributed by atoms with Gasteiger partial charge in [-0.3, -0.25) is 9.59 Å². The number of primary amides is 1. The van der Waals surface area contributed by atoms with Gasteiger partial charge < -0.3 is 21.1 Å². The average Bonchev–Trinajstić information content (AvgIpc) is 2.61. The van der Waals surface area contributed by atoms with E-state index >= 15 is 0 Å². The Kier molecular flexibility index (Phi) is 7.45. The molecule has 9 heteroatoms. The number of hydrogen-bond donors (Lipinski definition) is 3. The fourth-order valence-corrected chi connectivity index (χ4v) is 2.74. The zero-order valence-corrected chi connectivity index (χ0v) is 15.6. The lowest BCUT2D eigenvalue weighted by Gasteiger charge is -2.18. The molecule has 0 spiro atoms. The molecule has 7 nitrogen and oxygen atoms in total.